The van der Waals surface area contributed by atoms with E-state index >= 15 is 0 Å². The zero-order chi connectivity index (χ0) is 17.8. The van der Waals surface area contributed by atoms with Gasteiger partial charge in [0.1, 0.15) is 6.04 Å². The van der Waals surface area contributed by atoms with Crippen molar-refractivity contribution in [2.45, 2.75) is 18.9 Å². The van der Waals surface area contributed by atoms with Crippen molar-refractivity contribution in [3.63, 3.8) is 0 Å². The molecule has 25 heavy (non-hydrogen) atoms. The molecule has 0 aliphatic carbocycles. The van der Waals surface area contributed by atoms with Crippen molar-refractivity contribution in [3.8, 4) is 0 Å². The Bertz CT molecular complexity index is 759. The summed E-state index contributed by atoms with van der Waals surface area (Å²) in [6.45, 7) is 0.737. The third kappa shape index (κ3) is 3.88. The van der Waals surface area contributed by atoms with E-state index in [4.69, 9.17) is 0 Å². The largest absolute Gasteiger partial charge is 0.324 e. The second-order valence-corrected chi connectivity index (χ2v) is 6.47. The van der Waals surface area contributed by atoms with E-state index in [9.17, 15) is 9.59 Å². The molecule has 1 atom stereocenters. The average molecular weight is 337 g/mol. The first kappa shape index (κ1) is 17.2. The normalized spacial score (nSPS) is 15.5. The first-order valence-electron chi connectivity index (χ1n) is 8.49. The maximum Gasteiger partial charge on any atom is 0.246 e. The molecule has 130 valence electrons. The van der Waals surface area contributed by atoms with Gasteiger partial charge in [-0.15, -0.1) is 0 Å². The van der Waals surface area contributed by atoms with Gasteiger partial charge in [0.05, 0.1) is 0 Å². The predicted octanol–water partition coefficient (Wildman–Crippen LogP) is 3.05. The fraction of sp³-hybridized carbons (Fsp3) is 0.300. The highest BCUT2D eigenvalue weighted by molar-refractivity contribution is 5.98. The van der Waals surface area contributed by atoms with E-state index in [-0.39, 0.29) is 17.9 Å². The number of benzene rings is 2. The summed E-state index contributed by atoms with van der Waals surface area (Å²) in [7, 11) is 3.77. The standard InChI is InChI=1S/C20H23N3O2/c1-22(2)19(15-8-4-3-5-9-15)20(25)21-16-10-6-11-17(14-16)23-13-7-12-18(23)24/h3-6,8-11,14,19H,7,12-13H2,1-2H3,(H,21,25). The van der Waals surface area contributed by atoms with Crippen LogP contribution in [0.2, 0.25) is 0 Å². The van der Waals surface area contributed by atoms with Gasteiger partial charge in [-0.05, 0) is 44.3 Å². The minimum atomic E-state index is -0.377. The molecule has 1 unspecified atom stereocenters. The van der Waals surface area contributed by atoms with E-state index in [2.05, 4.69) is 5.32 Å². The van der Waals surface area contributed by atoms with Gasteiger partial charge in [0.2, 0.25) is 11.8 Å². The van der Waals surface area contributed by atoms with Gasteiger partial charge in [0.15, 0.2) is 0 Å². The fourth-order valence-corrected chi connectivity index (χ4v) is 3.20. The lowest BCUT2D eigenvalue weighted by Gasteiger charge is -2.24. The number of carbonyl (C=O) groups excluding carboxylic acids is 2. The van der Waals surface area contributed by atoms with Gasteiger partial charge in [-0.25, -0.2) is 0 Å². The second kappa shape index (κ2) is 7.49. The van der Waals surface area contributed by atoms with Crippen LogP contribution in [0.3, 0.4) is 0 Å². The number of carbonyl (C=O) groups is 2. The summed E-state index contributed by atoms with van der Waals surface area (Å²) in [6.07, 6.45) is 1.47. The van der Waals surface area contributed by atoms with Crippen molar-refractivity contribution < 1.29 is 9.59 Å². The molecule has 2 amide bonds. The lowest BCUT2D eigenvalue weighted by Crippen LogP contribution is -2.32. The molecule has 1 aliphatic heterocycles. The van der Waals surface area contributed by atoms with Crippen LogP contribution in [0.25, 0.3) is 0 Å². The minimum Gasteiger partial charge on any atom is -0.324 e. The van der Waals surface area contributed by atoms with Crippen LogP contribution < -0.4 is 10.2 Å². The van der Waals surface area contributed by atoms with Crippen LogP contribution in [0.5, 0.6) is 0 Å². The molecular formula is C20H23N3O2. The SMILES string of the molecule is CN(C)C(C(=O)Nc1cccc(N2CCCC2=O)c1)c1ccccc1. The molecule has 1 aliphatic rings. The molecule has 2 aromatic rings. The second-order valence-electron chi connectivity index (χ2n) is 6.47. The Labute approximate surface area is 148 Å². The van der Waals surface area contributed by atoms with E-state index < -0.39 is 0 Å². The highest BCUT2D eigenvalue weighted by atomic mass is 16.2. The topological polar surface area (TPSA) is 52.7 Å². The van der Waals surface area contributed by atoms with Crippen molar-refractivity contribution in [1.29, 1.82) is 0 Å². The smallest absolute Gasteiger partial charge is 0.246 e. The lowest BCUT2D eigenvalue weighted by molar-refractivity contribution is -0.120. The number of nitrogens with zero attached hydrogens (tertiary/aromatic N) is 2. The number of likely N-dealkylation sites (N-methyl/N-ethyl adjacent to an activating group) is 1. The van der Waals surface area contributed by atoms with Gasteiger partial charge in [-0.3, -0.25) is 14.5 Å². The molecule has 0 saturated carbocycles. The van der Waals surface area contributed by atoms with Crippen LogP contribution in [0.15, 0.2) is 54.6 Å². The van der Waals surface area contributed by atoms with Gasteiger partial charge >= 0.3 is 0 Å². The average Bonchev–Trinajstić information content (AvgIpc) is 3.02. The Balaban J connectivity index is 1.79. The van der Waals surface area contributed by atoms with E-state index in [1.807, 2.05) is 73.6 Å². The predicted molar refractivity (Wildman–Crippen MR) is 99.5 cm³/mol. The Kier molecular flexibility index (Phi) is 5.14. The molecule has 0 radical (unpaired) electrons. The first-order chi connectivity index (χ1) is 12.1. The molecule has 1 fully saturated rings. The Morgan fingerprint density at radius 1 is 1.12 bits per heavy atom. The molecule has 0 bridgehead atoms. The fourth-order valence-electron chi connectivity index (χ4n) is 3.20. The van der Waals surface area contributed by atoms with Gasteiger partial charge in [0, 0.05) is 24.3 Å². The Morgan fingerprint density at radius 2 is 1.88 bits per heavy atom. The van der Waals surface area contributed by atoms with Crippen LogP contribution in [0.4, 0.5) is 11.4 Å². The van der Waals surface area contributed by atoms with E-state index in [0.717, 1.165) is 24.2 Å². The van der Waals surface area contributed by atoms with Crippen molar-refractivity contribution in [1.82, 2.24) is 4.90 Å². The van der Waals surface area contributed by atoms with Gasteiger partial charge in [0.25, 0.3) is 0 Å². The number of amides is 2. The number of anilines is 2. The van der Waals surface area contributed by atoms with Crippen LogP contribution >= 0.6 is 0 Å². The first-order valence-corrected chi connectivity index (χ1v) is 8.49. The molecule has 5 heteroatoms. The van der Waals surface area contributed by atoms with Crippen LogP contribution in [0.1, 0.15) is 24.4 Å². The summed E-state index contributed by atoms with van der Waals surface area (Å²) >= 11 is 0. The third-order valence-corrected chi connectivity index (χ3v) is 4.38. The summed E-state index contributed by atoms with van der Waals surface area (Å²) in [6, 6.07) is 16.8. The van der Waals surface area contributed by atoms with E-state index in [0.29, 0.717) is 12.1 Å². The minimum absolute atomic E-state index is 0.0962. The Morgan fingerprint density at radius 3 is 2.52 bits per heavy atom. The van der Waals surface area contributed by atoms with Gasteiger partial charge in [-0.1, -0.05) is 36.4 Å². The molecular weight excluding hydrogens is 314 g/mol. The number of hydrogen-bond donors (Lipinski definition) is 1. The summed E-state index contributed by atoms with van der Waals surface area (Å²) < 4.78 is 0. The highest BCUT2D eigenvalue weighted by Crippen LogP contribution is 2.26. The van der Waals surface area contributed by atoms with Crippen molar-refractivity contribution in [2.75, 3.05) is 30.9 Å². The summed E-state index contributed by atoms with van der Waals surface area (Å²) in [4.78, 5) is 28.4. The van der Waals surface area contributed by atoms with Crippen molar-refractivity contribution >= 4 is 23.2 Å². The van der Waals surface area contributed by atoms with E-state index in [1.54, 1.807) is 4.90 Å². The number of rotatable bonds is 5. The third-order valence-electron chi connectivity index (χ3n) is 4.38. The molecule has 1 N–H and O–H groups in total. The van der Waals surface area contributed by atoms with Crippen LogP contribution in [0, 0.1) is 0 Å². The summed E-state index contributed by atoms with van der Waals surface area (Å²) in [5.41, 5.74) is 2.47. The summed E-state index contributed by atoms with van der Waals surface area (Å²) in [5, 5.41) is 2.98. The molecule has 0 spiro atoms. The van der Waals surface area contributed by atoms with Gasteiger partial charge < -0.3 is 10.2 Å². The van der Waals surface area contributed by atoms with Gasteiger partial charge in [-0.2, -0.15) is 0 Å². The molecule has 5 nitrogen and oxygen atoms in total. The summed E-state index contributed by atoms with van der Waals surface area (Å²) in [5.74, 6) is 0.0417. The van der Waals surface area contributed by atoms with Crippen molar-refractivity contribution in [2.24, 2.45) is 0 Å². The highest BCUT2D eigenvalue weighted by Gasteiger charge is 2.24. The Hall–Kier alpha value is -2.66. The molecule has 0 aromatic heterocycles. The van der Waals surface area contributed by atoms with Crippen molar-refractivity contribution in [3.05, 3.63) is 60.2 Å². The lowest BCUT2D eigenvalue weighted by atomic mass is 10.1. The molecule has 1 heterocycles. The number of hydrogen-bond acceptors (Lipinski definition) is 3. The molecule has 2 aromatic carbocycles. The molecule has 1 saturated heterocycles. The van der Waals surface area contributed by atoms with Crippen LogP contribution in [-0.2, 0) is 9.59 Å². The maximum atomic E-state index is 12.8. The van der Waals surface area contributed by atoms with E-state index in [1.165, 1.54) is 0 Å². The zero-order valence-electron chi connectivity index (χ0n) is 14.6. The zero-order valence-corrected chi connectivity index (χ0v) is 14.6. The van der Waals surface area contributed by atoms with Crippen LogP contribution in [-0.4, -0.2) is 37.4 Å². The number of nitrogens with one attached hydrogen (secondary N) is 1. The monoisotopic (exact) mass is 337 g/mol. The maximum absolute atomic E-state index is 12.8. The molecule has 3 rings (SSSR count). The quantitative estimate of drug-likeness (QED) is 0.912.